The molecule has 0 aliphatic rings. The van der Waals surface area contributed by atoms with Crippen molar-refractivity contribution in [2.75, 3.05) is 0 Å². The molecule has 3 heterocycles. The van der Waals surface area contributed by atoms with Gasteiger partial charge in [0.2, 0.25) is 0 Å². The summed E-state index contributed by atoms with van der Waals surface area (Å²) in [6.45, 7) is 9.59. The van der Waals surface area contributed by atoms with Crippen LogP contribution in [0.5, 0.6) is 0 Å². The summed E-state index contributed by atoms with van der Waals surface area (Å²) in [5, 5.41) is 2.83. The molecule has 3 rings (SSSR count). The summed E-state index contributed by atoms with van der Waals surface area (Å²) < 4.78 is 3.27. The Hall–Kier alpha value is -1.82. The Morgan fingerprint density at radius 3 is 2.92 bits per heavy atom. The molecule has 25 heavy (non-hydrogen) atoms. The molecule has 0 spiro atoms. The first-order valence-corrected chi connectivity index (χ1v) is 9.81. The number of imidazole rings is 1. The summed E-state index contributed by atoms with van der Waals surface area (Å²) in [7, 11) is 0. The number of thiophene rings is 1. The van der Waals surface area contributed by atoms with E-state index in [4.69, 9.17) is 11.6 Å². The Balaban J connectivity index is 2.03. The standard InChI is InChI=1S/C19H18ClN3S2/c1-5-6-15(9-21-4)25-17-8-14(11-24-17)18-13(3)22-19-16(20)7-12(2)10-23(18)19/h5-11H,4H2,1-3H3/b6-5-,15-9+. The van der Waals surface area contributed by atoms with E-state index in [1.54, 1.807) is 29.3 Å². The summed E-state index contributed by atoms with van der Waals surface area (Å²) >= 11 is 9.74. The van der Waals surface area contributed by atoms with Crippen molar-refractivity contribution in [3.8, 4) is 11.3 Å². The van der Waals surface area contributed by atoms with Crippen LogP contribution in [0.4, 0.5) is 0 Å². The SMILES string of the molecule is C=N/C=C(\C=C/C)Sc1cc(-c2c(C)nc3c(Cl)cc(C)cn23)cs1. The third kappa shape index (κ3) is 3.73. The zero-order chi connectivity index (χ0) is 18.0. The van der Waals surface area contributed by atoms with Crippen LogP contribution in [0.2, 0.25) is 5.02 Å². The van der Waals surface area contributed by atoms with Crippen molar-refractivity contribution in [1.82, 2.24) is 9.38 Å². The van der Waals surface area contributed by atoms with Gasteiger partial charge < -0.3 is 0 Å². The van der Waals surface area contributed by atoms with E-state index in [1.807, 2.05) is 39.0 Å². The summed E-state index contributed by atoms with van der Waals surface area (Å²) in [4.78, 5) is 9.57. The highest BCUT2D eigenvalue weighted by Crippen LogP contribution is 2.38. The number of aliphatic imine (C=N–C) groups is 1. The van der Waals surface area contributed by atoms with E-state index in [9.17, 15) is 0 Å². The van der Waals surface area contributed by atoms with Gasteiger partial charge >= 0.3 is 0 Å². The molecular formula is C19H18ClN3S2. The maximum Gasteiger partial charge on any atom is 0.156 e. The number of thioether (sulfide) groups is 1. The number of allylic oxidation sites excluding steroid dienone is 2. The molecule has 0 fully saturated rings. The highest BCUT2D eigenvalue weighted by Gasteiger charge is 2.15. The van der Waals surface area contributed by atoms with Gasteiger partial charge in [-0.05, 0) is 45.2 Å². The average molecular weight is 388 g/mol. The van der Waals surface area contributed by atoms with E-state index < -0.39 is 0 Å². The van der Waals surface area contributed by atoms with Crippen LogP contribution < -0.4 is 0 Å². The number of nitrogens with zero attached hydrogens (tertiary/aromatic N) is 3. The monoisotopic (exact) mass is 387 g/mol. The van der Waals surface area contributed by atoms with Crippen LogP contribution in [-0.2, 0) is 0 Å². The molecule has 0 unspecified atom stereocenters. The van der Waals surface area contributed by atoms with Crippen LogP contribution in [-0.4, -0.2) is 16.1 Å². The molecule has 0 aliphatic carbocycles. The Labute approximate surface area is 160 Å². The largest absolute Gasteiger partial charge is 0.298 e. The fourth-order valence-corrected chi connectivity index (χ4v) is 4.96. The number of fused-ring (bicyclic) bond motifs is 1. The maximum atomic E-state index is 6.36. The van der Waals surface area contributed by atoms with Crippen molar-refractivity contribution < 1.29 is 0 Å². The highest BCUT2D eigenvalue weighted by molar-refractivity contribution is 8.05. The van der Waals surface area contributed by atoms with Crippen LogP contribution >= 0.6 is 34.7 Å². The molecule has 0 N–H and O–H groups in total. The van der Waals surface area contributed by atoms with Crippen molar-refractivity contribution in [2.45, 2.75) is 25.0 Å². The van der Waals surface area contributed by atoms with E-state index in [-0.39, 0.29) is 0 Å². The Kier molecular flexibility index (Phi) is 5.47. The van der Waals surface area contributed by atoms with Gasteiger partial charge in [-0.1, -0.05) is 35.5 Å². The fourth-order valence-electron chi connectivity index (χ4n) is 2.66. The third-order valence-electron chi connectivity index (χ3n) is 3.60. The van der Waals surface area contributed by atoms with Crippen LogP contribution in [0.3, 0.4) is 0 Å². The number of halogens is 1. The van der Waals surface area contributed by atoms with Crippen molar-refractivity contribution in [3.63, 3.8) is 0 Å². The number of aromatic nitrogens is 2. The molecule has 0 bridgehead atoms. The first-order chi connectivity index (χ1) is 12.0. The number of pyridine rings is 1. The minimum Gasteiger partial charge on any atom is -0.298 e. The van der Waals surface area contributed by atoms with Gasteiger partial charge in [-0.2, -0.15) is 0 Å². The molecule has 3 aromatic heterocycles. The zero-order valence-electron chi connectivity index (χ0n) is 14.3. The van der Waals surface area contributed by atoms with Crippen molar-refractivity contribution in [1.29, 1.82) is 0 Å². The van der Waals surface area contributed by atoms with Gasteiger partial charge in [0.05, 0.1) is 20.6 Å². The molecule has 3 nitrogen and oxygen atoms in total. The summed E-state index contributed by atoms with van der Waals surface area (Å²) in [5.74, 6) is 0. The van der Waals surface area contributed by atoms with Crippen molar-refractivity contribution in [3.05, 3.63) is 63.2 Å². The number of aryl methyl sites for hydroxylation is 2. The molecule has 3 aromatic rings. The van der Waals surface area contributed by atoms with E-state index in [2.05, 4.69) is 38.7 Å². The molecule has 0 aliphatic heterocycles. The smallest absolute Gasteiger partial charge is 0.156 e. The van der Waals surface area contributed by atoms with Gasteiger partial charge in [0.1, 0.15) is 0 Å². The molecule has 0 radical (unpaired) electrons. The molecule has 6 heteroatoms. The van der Waals surface area contributed by atoms with E-state index >= 15 is 0 Å². The lowest BCUT2D eigenvalue weighted by Gasteiger charge is -2.03. The summed E-state index contributed by atoms with van der Waals surface area (Å²) in [5.41, 5.74) is 5.10. The quantitative estimate of drug-likeness (QED) is 0.282. The zero-order valence-corrected chi connectivity index (χ0v) is 16.7. The minimum atomic E-state index is 0.675. The number of hydrogen-bond acceptors (Lipinski definition) is 4. The molecule has 0 atom stereocenters. The predicted molar refractivity (Wildman–Crippen MR) is 111 cm³/mol. The minimum absolute atomic E-state index is 0.675. The van der Waals surface area contributed by atoms with Crippen LogP contribution in [0.25, 0.3) is 16.9 Å². The molecule has 0 aromatic carbocycles. The second-order valence-corrected chi connectivity index (χ2v) is 8.27. The lowest BCUT2D eigenvalue weighted by molar-refractivity contribution is 1.16. The van der Waals surface area contributed by atoms with Gasteiger partial charge in [-0.25, -0.2) is 4.98 Å². The predicted octanol–water partition coefficient (Wildman–Crippen LogP) is 6.54. The normalized spacial score (nSPS) is 12.4. The molecule has 0 saturated heterocycles. The average Bonchev–Trinajstić information content (AvgIpc) is 3.11. The first kappa shape index (κ1) is 18.0. The second-order valence-electron chi connectivity index (χ2n) is 5.58. The Morgan fingerprint density at radius 1 is 1.40 bits per heavy atom. The third-order valence-corrected chi connectivity index (χ3v) is 5.94. The number of rotatable bonds is 5. The van der Waals surface area contributed by atoms with Gasteiger partial charge in [0.25, 0.3) is 0 Å². The van der Waals surface area contributed by atoms with Crippen molar-refractivity contribution >= 4 is 47.1 Å². The van der Waals surface area contributed by atoms with Gasteiger partial charge in [-0.3, -0.25) is 9.39 Å². The number of hydrogen-bond donors (Lipinski definition) is 0. The van der Waals surface area contributed by atoms with Gasteiger partial charge in [0, 0.05) is 28.2 Å². The second kappa shape index (κ2) is 7.60. The lowest BCUT2D eigenvalue weighted by Crippen LogP contribution is -1.90. The summed E-state index contributed by atoms with van der Waals surface area (Å²) in [6, 6.07) is 4.13. The Bertz CT molecular complexity index is 996. The highest BCUT2D eigenvalue weighted by atomic mass is 35.5. The van der Waals surface area contributed by atoms with E-state index in [0.29, 0.717) is 5.02 Å². The van der Waals surface area contributed by atoms with Crippen molar-refractivity contribution in [2.24, 2.45) is 4.99 Å². The fraction of sp³-hybridized carbons (Fsp3) is 0.158. The molecular weight excluding hydrogens is 370 g/mol. The topological polar surface area (TPSA) is 29.7 Å². The maximum absolute atomic E-state index is 6.36. The van der Waals surface area contributed by atoms with Crippen LogP contribution in [0.1, 0.15) is 18.2 Å². The van der Waals surface area contributed by atoms with E-state index in [1.165, 1.54) is 4.21 Å². The van der Waals surface area contributed by atoms with Gasteiger partial charge in [0.15, 0.2) is 5.65 Å². The first-order valence-electron chi connectivity index (χ1n) is 7.73. The Morgan fingerprint density at radius 2 is 2.20 bits per heavy atom. The van der Waals surface area contributed by atoms with Crippen LogP contribution in [0.15, 0.2) is 56.2 Å². The molecule has 128 valence electrons. The molecule has 0 saturated carbocycles. The molecule has 0 amide bonds. The van der Waals surface area contributed by atoms with Gasteiger partial charge in [-0.15, -0.1) is 11.3 Å². The van der Waals surface area contributed by atoms with Crippen LogP contribution in [0, 0.1) is 13.8 Å². The van der Waals surface area contributed by atoms with E-state index in [0.717, 1.165) is 33.1 Å². The lowest BCUT2D eigenvalue weighted by atomic mass is 10.2. The summed E-state index contributed by atoms with van der Waals surface area (Å²) in [6.07, 6.45) is 7.87.